The molecule has 146 valence electrons. The minimum Gasteiger partial charge on any atom is -0.330 e. The Bertz CT molecular complexity index is 1100. The maximum absolute atomic E-state index is 13.5. The zero-order chi connectivity index (χ0) is 20.1. The van der Waals surface area contributed by atoms with Gasteiger partial charge in [0.05, 0.1) is 0 Å². The monoisotopic (exact) mass is 381 g/mol. The number of rotatable bonds is 2. The van der Waals surface area contributed by atoms with E-state index in [0.29, 0.717) is 6.54 Å². The van der Waals surface area contributed by atoms with Crippen molar-refractivity contribution in [1.82, 2.24) is 4.90 Å². The van der Waals surface area contributed by atoms with Gasteiger partial charge in [0, 0.05) is 24.1 Å². The van der Waals surface area contributed by atoms with Crippen molar-refractivity contribution in [2.75, 3.05) is 0 Å². The van der Waals surface area contributed by atoms with Crippen molar-refractivity contribution in [3.63, 3.8) is 0 Å². The van der Waals surface area contributed by atoms with Crippen LogP contribution in [0.3, 0.4) is 0 Å². The van der Waals surface area contributed by atoms with Crippen LogP contribution in [-0.4, -0.2) is 16.8 Å². The third kappa shape index (κ3) is 2.98. The highest BCUT2D eigenvalue weighted by atomic mass is 16.2. The van der Waals surface area contributed by atoms with Crippen molar-refractivity contribution in [3.8, 4) is 0 Å². The fraction of sp³-hybridized carbons (Fsp3) is 0.296. The van der Waals surface area contributed by atoms with Gasteiger partial charge in [0.25, 0.3) is 5.91 Å². The minimum atomic E-state index is 0.178. The topological polar surface area (TPSA) is 20.3 Å². The molecule has 2 atom stereocenters. The van der Waals surface area contributed by atoms with E-state index in [1.54, 1.807) is 0 Å². The molecule has 2 nitrogen and oxygen atoms in total. The maximum atomic E-state index is 13.5. The molecule has 0 bridgehead atoms. The Labute approximate surface area is 173 Å². The lowest BCUT2D eigenvalue weighted by Gasteiger charge is -2.46. The van der Waals surface area contributed by atoms with Gasteiger partial charge >= 0.3 is 0 Å². The Morgan fingerprint density at radius 2 is 1.66 bits per heavy atom. The number of amides is 1. The van der Waals surface area contributed by atoms with Crippen LogP contribution in [0.25, 0.3) is 0 Å². The summed E-state index contributed by atoms with van der Waals surface area (Å²) in [4.78, 5) is 15.7. The molecule has 1 aliphatic heterocycles. The standard InChI is InChI=1S/C27H27NO/c1-17-9-11-22-24(13-17)26-23-15-19(3)18(2)14-21(23)10-12-25(26)28(27(22)29)16-20-7-5-4-6-8-20/h4-9,11,13-15,25-26H,10,12,16H2,1-3H3. The molecule has 0 N–H and O–H groups in total. The summed E-state index contributed by atoms with van der Waals surface area (Å²) in [5, 5.41) is 0. The van der Waals surface area contributed by atoms with Gasteiger partial charge in [0.1, 0.15) is 0 Å². The zero-order valence-electron chi connectivity index (χ0n) is 17.4. The van der Waals surface area contributed by atoms with E-state index in [9.17, 15) is 4.79 Å². The molecule has 3 aromatic rings. The van der Waals surface area contributed by atoms with Gasteiger partial charge in [0.15, 0.2) is 0 Å². The lowest BCUT2D eigenvalue weighted by molar-refractivity contribution is 0.0587. The summed E-state index contributed by atoms with van der Waals surface area (Å²) >= 11 is 0. The number of benzene rings is 3. The summed E-state index contributed by atoms with van der Waals surface area (Å²) in [6.07, 6.45) is 2.06. The summed E-state index contributed by atoms with van der Waals surface area (Å²) in [5.74, 6) is 0.437. The lowest BCUT2D eigenvalue weighted by atomic mass is 9.70. The van der Waals surface area contributed by atoms with Crippen LogP contribution in [0.1, 0.15) is 61.6 Å². The van der Waals surface area contributed by atoms with Crippen molar-refractivity contribution in [1.29, 1.82) is 0 Å². The highest BCUT2D eigenvalue weighted by Gasteiger charge is 2.43. The van der Waals surface area contributed by atoms with Gasteiger partial charge in [-0.05, 0) is 73.1 Å². The van der Waals surface area contributed by atoms with Crippen molar-refractivity contribution >= 4 is 5.91 Å². The molecule has 0 aromatic heterocycles. The van der Waals surface area contributed by atoms with Gasteiger partial charge in [-0.2, -0.15) is 0 Å². The maximum Gasteiger partial charge on any atom is 0.254 e. The molecule has 0 spiro atoms. The Kier molecular flexibility index (Phi) is 4.31. The van der Waals surface area contributed by atoms with Gasteiger partial charge in [-0.15, -0.1) is 0 Å². The molecular formula is C27H27NO. The number of carbonyl (C=O) groups is 1. The second-order valence-electron chi connectivity index (χ2n) is 8.73. The van der Waals surface area contributed by atoms with Crippen molar-refractivity contribution in [2.45, 2.75) is 52.1 Å². The fourth-order valence-electron chi connectivity index (χ4n) is 5.20. The SMILES string of the molecule is Cc1ccc2c(c1)C1c3cc(C)c(C)cc3CCC1N(Cc1ccccc1)C2=O. The quantitative estimate of drug-likeness (QED) is 0.556. The Morgan fingerprint density at radius 3 is 2.45 bits per heavy atom. The van der Waals surface area contributed by atoms with Crippen LogP contribution >= 0.6 is 0 Å². The molecule has 1 heterocycles. The average molecular weight is 382 g/mol. The van der Waals surface area contributed by atoms with Crippen LogP contribution in [0.4, 0.5) is 0 Å². The normalized spacial score (nSPS) is 20.1. The number of carbonyl (C=O) groups excluding carboxylic acids is 1. The first-order chi connectivity index (χ1) is 14.0. The Balaban J connectivity index is 1.68. The second-order valence-corrected chi connectivity index (χ2v) is 8.73. The number of fused-ring (bicyclic) bond motifs is 5. The fourth-order valence-corrected chi connectivity index (χ4v) is 5.20. The van der Waals surface area contributed by atoms with Crippen LogP contribution < -0.4 is 0 Å². The lowest BCUT2D eigenvalue weighted by Crippen LogP contribution is -2.49. The molecule has 3 aromatic carbocycles. The van der Waals surface area contributed by atoms with E-state index in [2.05, 4.69) is 74.2 Å². The molecule has 0 fully saturated rings. The molecular weight excluding hydrogens is 354 g/mol. The summed E-state index contributed by atoms with van der Waals surface area (Å²) in [7, 11) is 0. The third-order valence-electron chi connectivity index (χ3n) is 6.81. The van der Waals surface area contributed by atoms with Crippen molar-refractivity contribution < 1.29 is 4.79 Å². The molecule has 0 saturated heterocycles. The highest BCUT2D eigenvalue weighted by molar-refractivity contribution is 5.98. The summed E-state index contributed by atoms with van der Waals surface area (Å²) in [6, 6.07) is 21.7. The summed E-state index contributed by atoms with van der Waals surface area (Å²) in [5.41, 5.74) is 10.1. The van der Waals surface area contributed by atoms with Crippen LogP contribution in [0.5, 0.6) is 0 Å². The van der Waals surface area contributed by atoms with Gasteiger partial charge in [-0.1, -0.05) is 60.2 Å². The van der Waals surface area contributed by atoms with Gasteiger partial charge < -0.3 is 4.90 Å². The van der Waals surface area contributed by atoms with Crippen LogP contribution in [0.2, 0.25) is 0 Å². The average Bonchev–Trinajstić information content (AvgIpc) is 2.72. The number of nitrogens with zero attached hydrogens (tertiary/aromatic N) is 1. The first-order valence-corrected chi connectivity index (χ1v) is 10.6. The molecule has 1 amide bonds. The van der Waals surface area contributed by atoms with Gasteiger partial charge in [-0.25, -0.2) is 0 Å². The molecule has 2 unspecified atom stereocenters. The van der Waals surface area contributed by atoms with E-state index in [1.165, 1.54) is 38.9 Å². The second kappa shape index (κ2) is 6.88. The molecule has 2 heteroatoms. The van der Waals surface area contributed by atoms with E-state index < -0.39 is 0 Å². The van der Waals surface area contributed by atoms with Crippen LogP contribution in [0.15, 0.2) is 60.7 Å². The van der Waals surface area contributed by atoms with E-state index in [-0.39, 0.29) is 17.9 Å². The first kappa shape index (κ1) is 18.2. The number of hydrogen-bond donors (Lipinski definition) is 0. The van der Waals surface area contributed by atoms with Crippen molar-refractivity contribution in [2.24, 2.45) is 0 Å². The molecule has 2 aliphatic rings. The van der Waals surface area contributed by atoms with E-state index >= 15 is 0 Å². The Morgan fingerprint density at radius 1 is 0.897 bits per heavy atom. The van der Waals surface area contributed by atoms with Crippen LogP contribution in [-0.2, 0) is 13.0 Å². The van der Waals surface area contributed by atoms with Gasteiger partial charge in [0.2, 0.25) is 0 Å². The summed E-state index contributed by atoms with van der Waals surface area (Å²) < 4.78 is 0. The first-order valence-electron chi connectivity index (χ1n) is 10.6. The third-order valence-corrected chi connectivity index (χ3v) is 6.81. The molecule has 1 aliphatic carbocycles. The van der Waals surface area contributed by atoms with Crippen LogP contribution in [0, 0.1) is 20.8 Å². The molecule has 0 radical (unpaired) electrons. The number of hydrogen-bond acceptors (Lipinski definition) is 1. The molecule has 29 heavy (non-hydrogen) atoms. The Hall–Kier alpha value is -2.87. The molecule has 0 saturated carbocycles. The van der Waals surface area contributed by atoms with Gasteiger partial charge in [-0.3, -0.25) is 4.79 Å². The molecule has 5 rings (SSSR count). The summed E-state index contributed by atoms with van der Waals surface area (Å²) in [6.45, 7) is 7.20. The van der Waals surface area contributed by atoms with E-state index in [4.69, 9.17) is 0 Å². The zero-order valence-corrected chi connectivity index (χ0v) is 17.4. The van der Waals surface area contributed by atoms with E-state index in [0.717, 1.165) is 18.4 Å². The van der Waals surface area contributed by atoms with E-state index in [1.807, 2.05) is 12.1 Å². The minimum absolute atomic E-state index is 0.178. The predicted octanol–water partition coefficient (Wildman–Crippen LogP) is 5.71. The largest absolute Gasteiger partial charge is 0.330 e. The number of aryl methyl sites for hydroxylation is 4. The predicted molar refractivity (Wildman–Crippen MR) is 117 cm³/mol. The van der Waals surface area contributed by atoms with Crippen molar-refractivity contribution in [3.05, 3.63) is 105 Å². The smallest absolute Gasteiger partial charge is 0.254 e. The highest BCUT2D eigenvalue weighted by Crippen LogP contribution is 2.45.